The van der Waals surface area contributed by atoms with Crippen LogP contribution in [0.1, 0.15) is 48.1 Å². The zero-order valence-electron chi connectivity index (χ0n) is 17.1. The molecule has 1 aromatic carbocycles. The molecule has 1 aromatic heterocycles. The number of sulfonamides is 1. The number of rotatable bonds is 7. The predicted octanol–water partition coefficient (Wildman–Crippen LogP) is 5.32. The third-order valence-electron chi connectivity index (χ3n) is 5.95. The van der Waals surface area contributed by atoms with E-state index in [0.29, 0.717) is 30.5 Å². The quantitative estimate of drug-likeness (QED) is 0.497. The fraction of sp³-hybridized carbons (Fsp3) is 0.524. The molecule has 176 valence electrons. The standard InChI is InChI=1S/C21H24ClF3N2O3S2/c22-7-1-9-32(28,29)26-11-15-3-4-16-19(13-6-8-31-12-13)27-18-5-2-14(21(23,24)25)10-17(18)20(16)30-15/h2,5-6,8,10,12,15-16,19-20,26-27H,1,3-4,7,9,11H2/t15-,16+,19+,20+/m1/s1. The molecule has 2 N–H and O–H groups in total. The maximum Gasteiger partial charge on any atom is 0.416 e. The van der Waals surface area contributed by atoms with Crippen molar-refractivity contribution < 1.29 is 26.3 Å². The molecule has 0 bridgehead atoms. The largest absolute Gasteiger partial charge is 0.416 e. The van der Waals surface area contributed by atoms with Crippen LogP contribution >= 0.6 is 22.9 Å². The summed E-state index contributed by atoms with van der Waals surface area (Å²) in [6.07, 6.45) is -3.80. The van der Waals surface area contributed by atoms with E-state index in [9.17, 15) is 21.6 Å². The summed E-state index contributed by atoms with van der Waals surface area (Å²) in [5.41, 5.74) is 1.42. The van der Waals surface area contributed by atoms with Gasteiger partial charge in [-0.2, -0.15) is 24.5 Å². The summed E-state index contributed by atoms with van der Waals surface area (Å²) in [4.78, 5) is 0. The van der Waals surface area contributed by atoms with E-state index in [2.05, 4.69) is 10.0 Å². The zero-order chi connectivity index (χ0) is 22.9. The Labute approximate surface area is 194 Å². The number of fused-ring (bicyclic) bond motifs is 3. The Morgan fingerprint density at radius 2 is 2.06 bits per heavy atom. The second-order valence-corrected chi connectivity index (χ2v) is 11.2. The van der Waals surface area contributed by atoms with E-state index >= 15 is 0 Å². The first-order valence-electron chi connectivity index (χ1n) is 10.4. The van der Waals surface area contributed by atoms with Crippen molar-refractivity contribution in [1.29, 1.82) is 0 Å². The average Bonchev–Trinajstić information content (AvgIpc) is 3.29. The summed E-state index contributed by atoms with van der Waals surface area (Å²) in [6, 6.07) is 5.59. The fourth-order valence-electron chi connectivity index (χ4n) is 4.40. The first-order chi connectivity index (χ1) is 15.2. The first kappa shape index (κ1) is 23.8. The minimum atomic E-state index is -4.46. The maximum atomic E-state index is 13.4. The number of anilines is 1. The van der Waals surface area contributed by atoms with Crippen LogP contribution in [0.2, 0.25) is 0 Å². The van der Waals surface area contributed by atoms with Gasteiger partial charge in [-0.25, -0.2) is 13.1 Å². The monoisotopic (exact) mass is 508 g/mol. The van der Waals surface area contributed by atoms with Crippen LogP contribution in [-0.4, -0.2) is 32.7 Å². The van der Waals surface area contributed by atoms with E-state index in [-0.39, 0.29) is 30.1 Å². The highest BCUT2D eigenvalue weighted by Gasteiger charge is 2.43. The van der Waals surface area contributed by atoms with Crippen LogP contribution in [0.25, 0.3) is 0 Å². The predicted molar refractivity (Wildman–Crippen MR) is 120 cm³/mol. The Bertz CT molecular complexity index is 1030. The van der Waals surface area contributed by atoms with Crippen molar-refractivity contribution in [2.24, 2.45) is 5.92 Å². The molecule has 0 unspecified atom stereocenters. The number of halogens is 4. The smallest absolute Gasteiger partial charge is 0.378 e. The van der Waals surface area contributed by atoms with E-state index in [1.165, 1.54) is 6.07 Å². The van der Waals surface area contributed by atoms with Gasteiger partial charge in [0.1, 0.15) is 0 Å². The van der Waals surface area contributed by atoms with Crippen molar-refractivity contribution in [2.75, 3.05) is 23.5 Å². The van der Waals surface area contributed by atoms with Gasteiger partial charge in [-0.3, -0.25) is 0 Å². The summed E-state index contributed by atoms with van der Waals surface area (Å²) in [7, 11) is -3.48. The molecule has 0 saturated carbocycles. The summed E-state index contributed by atoms with van der Waals surface area (Å²) in [5, 5.41) is 7.40. The van der Waals surface area contributed by atoms with E-state index in [4.69, 9.17) is 16.3 Å². The molecule has 4 atom stereocenters. The lowest BCUT2D eigenvalue weighted by Gasteiger charge is -2.45. The van der Waals surface area contributed by atoms with E-state index in [0.717, 1.165) is 17.7 Å². The van der Waals surface area contributed by atoms with Crippen LogP contribution in [0, 0.1) is 5.92 Å². The molecule has 32 heavy (non-hydrogen) atoms. The Balaban J connectivity index is 1.59. The minimum Gasteiger partial charge on any atom is -0.378 e. The van der Waals surface area contributed by atoms with Crippen LogP contribution in [0.4, 0.5) is 18.9 Å². The molecular formula is C21H24ClF3N2O3S2. The van der Waals surface area contributed by atoms with E-state index in [1.807, 2.05) is 16.8 Å². The Morgan fingerprint density at radius 1 is 1.25 bits per heavy atom. The van der Waals surface area contributed by atoms with Crippen LogP contribution in [0.5, 0.6) is 0 Å². The number of hydrogen-bond donors (Lipinski definition) is 2. The lowest BCUT2D eigenvalue weighted by atomic mass is 9.76. The molecule has 1 fully saturated rings. The van der Waals surface area contributed by atoms with Crippen molar-refractivity contribution in [2.45, 2.75) is 43.7 Å². The third-order valence-corrected chi connectivity index (χ3v) is 8.36. The highest BCUT2D eigenvalue weighted by molar-refractivity contribution is 7.89. The topological polar surface area (TPSA) is 67.4 Å². The minimum absolute atomic E-state index is 0.0651. The molecule has 1 saturated heterocycles. The van der Waals surface area contributed by atoms with Gasteiger partial charge in [0.25, 0.3) is 0 Å². The normalized spacial score (nSPS) is 25.6. The lowest BCUT2D eigenvalue weighted by Crippen LogP contribution is -2.43. The summed E-state index contributed by atoms with van der Waals surface area (Å²) >= 11 is 7.14. The van der Waals surface area contributed by atoms with E-state index < -0.39 is 34.0 Å². The molecule has 4 rings (SSSR count). The van der Waals surface area contributed by atoms with Gasteiger partial charge < -0.3 is 10.1 Å². The molecule has 0 radical (unpaired) electrons. The van der Waals surface area contributed by atoms with E-state index in [1.54, 1.807) is 11.3 Å². The van der Waals surface area contributed by atoms with Gasteiger partial charge in [-0.1, -0.05) is 0 Å². The number of ether oxygens (including phenoxy) is 1. The zero-order valence-corrected chi connectivity index (χ0v) is 19.5. The van der Waals surface area contributed by atoms with Gasteiger partial charge >= 0.3 is 6.18 Å². The Morgan fingerprint density at radius 3 is 2.75 bits per heavy atom. The summed E-state index contributed by atoms with van der Waals surface area (Å²) in [5.74, 6) is 0.113. The average molecular weight is 509 g/mol. The first-order valence-corrected chi connectivity index (χ1v) is 13.5. The highest BCUT2D eigenvalue weighted by Crippen LogP contribution is 2.51. The molecule has 2 aliphatic heterocycles. The molecule has 2 aromatic rings. The molecular weight excluding hydrogens is 485 g/mol. The van der Waals surface area contributed by atoms with Crippen molar-refractivity contribution in [3.8, 4) is 0 Å². The number of nitrogens with one attached hydrogen (secondary N) is 2. The SMILES string of the molecule is O=S(=O)(CCCCl)NC[C@H]1CC[C@@H]2[C@H](O1)c1cc(C(F)(F)F)ccc1N[C@H]2c1ccsc1. The van der Waals surface area contributed by atoms with Gasteiger partial charge in [0.05, 0.1) is 29.6 Å². The molecule has 0 aliphatic carbocycles. The van der Waals surface area contributed by atoms with Gasteiger partial charge in [-0.15, -0.1) is 11.6 Å². The molecule has 0 amide bonds. The number of thiophene rings is 1. The van der Waals surface area contributed by atoms with Gasteiger partial charge in [0, 0.05) is 29.6 Å². The third kappa shape index (κ3) is 5.25. The molecule has 2 aliphatic rings. The number of hydrogen-bond acceptors (Lipinski definition) is 5. The van der Waals surface area contributed by atoms with Gasteiger partial charge in [0.2, 0.25) is 10.0 Å². The van der Waals surface area contributed by atoms with Crippen molar-refractivity contribution >= 4 is 38.6 Å². The maximum absolute atomic E-state index is 13.4. The second-order valence-electron chi connectivity index (χ2n) is 8.11. The van der Waals surface area contributed by atoms with Crippen LogP contribution in [-0.2, 0) is 20.9 Å². The van der Waals surface area contributed by atoms with Crippen LogP contribution in [0.3, 0.4) is 0 Å². The Kier molecular flexibility index (Phi) is 7.07. The lowest BCUT2D eigenvalue weighted by molar-refractivity contribution is -0.138. The molecule has 0 spiro atoms. The summed E-state index contributed by atoms with van der Waals surface area (Å²) < 4.78 is 73.1. The molecule has 3 heterocycles. The molecule has 5 nitrogen and oxygen atoms in total. The fourth-order valence-corrected chi connectivity index (χ4v) is 6.50. The van der Waals surface area contributed by atoms with Crippen LogP contribution < -0.4 is 10.0 Å². The van der Waals surface area contributed by atoms with Crippen LogP contribution in [0.15, 0.2) is 35.0 Å². The second kappa shape index (κ2) is 9.50. The van der Waals surface area contributed by atoms with Crippen molar-refractivity contribution in [3.63, 3.8) is 0 Å². The molecule has 11 heteroatoms. The highest BCUT2D eigenvalue weighted by atomic mass is 35.5. The Hall–Kier alpha value is -1.33. The number of alkyl halides is 4. The number of benzene rings is 1. The van der Waals surface area contributed by atoms with Crippen molar-refractivity contribution in [1.82, 2.24) is 4.72 Å². The van der Waals surface area contributed by atoms with Gasteiger partial charge in [-0.05, 0) is 59.9 Å². The van der Waals surface area contributed by atoms with Crippen molar-refractivity contribution in [3.05, 3.63) is 51.7 Å². The van der Waals surface area contributed by atoms with Gasteiger partial charge in [0.15, 0.2) is 0 Å². The summed E-state index contributed by atoms with van der Waals surface area (Å²) in [6.45, 7) is 0.0820.